The van der Waals surface area contributed by atoms with Gasteiger partial charge in [-0.05, 0) is 19.8 Å². The van der Waals surface area contributed by atoms with Crippen LogP contribution in [0.2, 0.25) is 0 Å². The molecule has 0 bridgehead atoms. The lowest BCUT2D eigenvalue weighted by atomic mass is 9.95. The summed E-state index contributed by atoms with van der Waals surface area (Å²) in [6.07, 6.45) is 2.79. The van der Waals surface area contributed by atoms with E-state index in [2.05, 4.69) is 12.2 Å². The number of rotatable bonds is 4. The van der Waals surface area contributed by atoms with Crippen LogP contribution >= 0.6 is 0 Å². The number of hydrogen-bond donors (Lipinski definition) is 1. The summed E-state index contributed by atoms with van der Waals surface area (Å²) < 4.78 is 5.43. The van der Waals surface area contributed by atoms with Crippen molar-refractivity contribution in [2.24, 2.45) is 0 Å². The Hall–Kier alpha value is -0.610. The highest BCUT2D eigenvalue weighted by molar-refractivity contribution is 5.75. The van der Waals surface area contributed by atoms with Crippen LogP contribution < -0.4 is 5.32 Å². The fourth-order valence-electron chi connectivity index (χ4n) is 1.77. The fourth-order valence-corrected chi connectivity index (χ4v) is 1.77. The molecule has 4 nitrogen and oxygen atoms in total. The van der Waals surface area contributed by atoms with Crippen molar-refractivity contribution in [1.82, 2.24) is 10.2 Å². The van der Waals surface area contributed by atoms with E-state index in [1.807, 2.05) is 0 Å². The SMILES string of the molecule is CN(C)C(=O)CCNC1(C)CCCOC1. The van der Waals surface area contributed by atoms with Crippen molar-refractivity contribution in [3.63, 3.8) is 0 Å². The molecule has 1 N–H and O–H groups in total. The highest BCUT2D eigenvalue weighted by Gasteiger charge is 2.26. The number of carbonyl (C=O) groups excluding carboxylic acids is 1. The average Bonchev–Trinajstić information content (AvgIpc) is 2.18. The molecular formula is C11H22N2O2. The van der Waals surface area contributed by atoms with Crippen LogP contribution in [0.4, 0.5) is 0 Å². The van der Waals surface area contributed by atoms with E-state index in [9.17, 15) is 4.79 Å². The molecule has 4 heteroatoms. The number of ether oxygens (including phenoxy) is 1. The lowest BCUT2D eigenvalue weighted by Crippen LogP contribution is -2.49. The Balaban J connectivity index is 2.21. The topological polar surface area (TPSA) is 41.6 Å². The van der Waals surface area contributed by atoms with E-state index in [1.54, 1.807) is 19.0 Å². The maximum absolute atomic E-state index is 11.3. The van der Waals surface area contributed by atoms with Gasteiger partial charge < -0.3 is 15.0 Å². The maximum Gasteiger partial charge on any atom is 0.223 e. The molecule has 1 amide bonds. The third kappa shape index (κ3) is 4.18. The number of nitrogens with zero attached hydrogens (tertiary/aromatic N) is 1. The molecule has 0 aromatic carbocycles. The molecule has 1 saturated heterocycles. The second-order valence-electron chi connectivity index (χ2n) is 4.68. The number of nitrogens with one attached hydrogen (secondary N) is 1. The van der Waals surface area contributed by atoms with E-state index in [0.29, 0.717) is 6.42 Å². The van der Waals surface area contributed by atoms with Crippen LogP contribution in [0.25, 0.3) is 0 Å². The molecule has 0 spiro atoms. The molecule has 1 atom stereocenters. The van der Waals surface area contributed by atoms with Crippen molar-refractivity contribution in [2.45, 2.75) is 31.7 Å². The molecule has 1 fully saturated rings. The van der Waals surface area contributed by atoms with Gasteiger partial charge in [0, 0.05) is 39.2 Å². The first kappa shape index (κ1) is 12.5. The van der Waals surface area contributed by atoms with Gasteiger partial charge >= 0.3 is 0 Å². The lowest BCUT2D eigenvalue weighted by Gasteiger charge is -2.34. The summed E-state index contributed by atoms with van der Waals surface area (Å²) in [6.45, 7) is 4.51. The summed E-state index contributed by atoms with van der Waals surface area (Å²) in [7, 11) is 3.57. The standard InChI is InChI=1S/C11H22N2O2/c1-11(6-4-8-15-9-11)12-7-5-10(14)13(2)3/h12H,4-9H2,1-3H3. The van der Waals surface area contributed by atoms with Gasteiger partial charge in [0.2, 0.25) is 5.91 Å². The second-order valence-corrected chi connectivity index (χ2v) is 4.68. The van der Waals surface area contributed by atoms with Crippen molar-refractivity contribution >= 4 is 5.91 Å². The average molecular weight is 214 g/mol. The Morgan fingerprint density at radius 1 is 1.53 bits per heavy atom. The molecule has 1 unspecified atom stereocenters. The minimum atomic E-state index is 0.0604. The second kappa shape index (κ2) is 5.47. The summed E-state index contributed by atoms with van der Waals surface area (Å²) in [4.78, 5) is 13.0. The van der Waals surface area contributed by atoms with Crippen molar-refractivity contribution in [2.75, 3.05) is 33.9 Å². The van der Waals surface area contributed by atoms with Crippen molar-refractivity contribution in [3.05, 3.63) is 0 Å². The predicted octanol–water partition coefficient (Wildman–Crippen LogP) is 0.623. The Morgan fingerprint density at radius 3 is 2.80 bits per heavy atom. The van der Waals surface area contributed by atoms with E-state index in [-0.39, 0.29) is 11.4 Å². The van der Waals surface area contributed by atoms with Crippen LogP contribution in [0.5, 0.6) is 0 Å². The highest BCUT2D eigenvalue weighted by Crippen LogP contribution is 2.17. The van der Waals surface area contributed by atoms with E-state index in [0.717, 1.165) is 32.6 Å². The van der Waals surface area contributed by atoms with Crippen molar-refractivity contribution < 1.29 is 9.53 Å². The van der Waals surface area contributed by atoms with E-state index in [1.165, 1.54) is 0 Å². The normalized spacial score (nSPS) is 26.3. The van der Waals surface area contributed by atoms with Crippen LogP contribution in [0.1, 0.15) is 26.2 Å². The van der Waals surface area contributed by atoms with Crippen LogP contribution in [-0.4, -0.2) is 50.2 Å². The third-order valence-corrected chi connectivity index (χ3v) is 2.83. The molecule has 1 rings (SSSR count). The Bertz CT molecular complexity index is 211. The first-order valence-electron chi connectivity index (χ1n) is 5.56. The molecule has 0 saturated carbocycles. The molecular weight excluding hydrogens is 192 g/mol. The van der Waals surface area contributed by atoms with Gasteiger partial charge in [0.1, 0.15) is 0 Å². The first-order valence-corrected chi connectivity index (χ1v) is 5.56. The zero-order valence-electron chi connectivity index (χ0n) is 10.0. The smallest absolute Gasteiger partial charge is 0.223 e. The van der Waals surface area contributed by atoms with Crippen molar-refractivity contribution in [1.29, 1.82) is 0 Å². The summed E-state index contributed by atoms with van der Waals surface area (Å²) in [6, 6.07) is 0. The van der Waals surface area contributed by atoms with Crippen molar-refractivity contribution in [3.8, 4) is 0 Å². The van der Waals surface area contributed by atoms with Gasteiger partial charge in [0.05, 0.1) is 6.61 Å². The van der Waals surface area contributed by atoms with Gasteiger partial charge in [0.25, 0.3) is 0 Å². The van der Waals surface area contributed by atoms with Crippen LogP contribution in [0.15, 0.2) is 0 Å². The minimum absolute atomic E-state index is 0.0604. The molecule has 1 aliphatic heterocycles. The quantitative estimate of drug-likeness (QED) is 0.746. The van der Waals surface area contributed by atoms with Gasteiger partial charge in [-0.25, -0.2) is 0 Å². The maximum atomic E-state index is 11.3. The summed E-state index contributed by atoms with van der Waals surface area (Å²) in [5.74, 6) is 0.169. The molecule has 15 heavy (non-hydrogen) atoms. The highest BCUT2D eigenvalue weighted by atomic mass is 16.5. The predicted molar refractivity (Wildman–Crippen MR) is 59.8 cm³/mol. The lowest BCUT2D eigenvalue weighted by molar-refractivity contribution is -0.128. The van der Waals surface area contributed by atoms with Gasteiger partial charge in [0.15, 0.2) is 0 Å². The Labute approximate surface area is 92.0 Å². The minimum Gasteiger partial charge on any atom is -0.380 e. The van der Waals surface area contributed by atoms with E-state index >= 15 is 0 Å². The van der Waals surface area contributed by atoms with Gasteiger partial charge in [-0.3, -0.25) is 4.79 Å². The zero-order valence-corrected chi connectivity index (χ0v) is 10.0. The molecule has 1 heterocycles. The first-order chi connectivity index (χ1) is 7.03. The largest absolute Gasteiger partial charge is 0.380 e. The van der Waals surface area contributed by atoms with E-state index in [4.69, 9.17) is 4.74 Å². The Morgan fingerprint density at radius 2 is 2.27 bits per heavy atom. The van der Waals surface area contributed by atoms with Gasteiger partial charge in [-0.1, -0.05) is 0 Å². The zero-order chi connectivity index (χ0) is 11.3. The molecule has 0 aliphatic carbocycles. The molecule has 88 valence electrons. The fraction of sp³-hybridized carbons (Fsp3) is 0.909. The number of amides is 1. The van der Waals surface area contributed by atoms with Gasteiger partial charge in [-0.15, -0.1) is 0 Å². The summed E-state index contributed by atoms with van der Waals surface area (Å²) >= 11 is 0. The monoisotopic (exact) mass is 214 g/mol. The molecule has 0 radical (unpaired) electrons. The Kier molecular flexibility index (Phi) is 4.54. The number of hydrogen-bond acceptors (Lipinski definition) is 3. The third-order valence-electron chi connectivity index (χ3n) is 2.83. The van der Waals surface area contributed by atoms with Gasteiger partial charge in [-0.2, -0.15) is 0 Å². The van der Waals surface area contributed by atoms with Crippen LogP contribution in [0, 0.1) is 0 Å². The molecule has 0 aromatic rings. The molecule has 0 aromatic heterocycles. The van der Waals surface area contributed by atoms with Crippen LogP contribution in [-0.2, 0) is 9.53 Å². The summed E-state index contributed by atoms with van der Waals surface area (Å²) in [5, 5.41) is 3.41. The van der Waals surface area contributed by atoms with Crippen LogP contribution in [0.3, 0.4) is 0 Å². The van der Waals surface area contributed by atoms with E-state index < -0.39 is 0 Å². The molecule has 1 aliphatic rings. The number of carbonyl (C=O) groups is 1. The summed E-state index contributed by atoms with van der Waals surface area (Å²) in [5.41, 5.74) is 0.0604.